The number of nitrogens with zero attached hydrogens (tertiary/aromatic N) is 2. The van der Waals surface area contributed by atoms with Gasteiger partial charge in [0.25, 0.3) is 5.91 Å². The van der Waals surface area contributed by atoms with E-state index in [2.05, 4.69) is 19.4 Å². The first kappa shape index (κ1) is 10.8. The number of rotatable bonds is 4. The fourth-order valence-electron chi connectivity index (χ4n) is 1.23. The predicted molar refractivity (Wildman–Crippen MR) is 59.4 cm³/mol. The Labute approximate surface area is 96.6 Å². The minimum absolute atomic E-state index is 0.138. The minimum atomic E-state index is -0.138. The van der Waals surface area contributed by atoms with Gasteiger partial charge in [0, 0.05) is 17.0 Å². The first-order valence-electron chi connectivity index (χ1n) is 4.85. The molecule has 2 aromatic rings. The standard InChI is InChI=1S/C10H11N3O2S/c1-7-4-9(13-16-7)10(14)11-3-2-8-5-12-15-6-8/h4-6H,2-3H2,1H3,(H,11,14). The van der Waals surface area contributed by atoms with Gasteiger partial charge in [-0.3, -0.25) is 4.79 Å². The van der Waals surface area contributed by atoms with E-state index in [1.165, 1.54) is 11.5 Å². The van der Waals surface area contributed by atoms with Gasteiger partial charge in [-0.05, 0) is 30.9 Å². The van der Waals surface area contributed by atoms with E-state index in [-0.39, 0.29) is 5.91 Å². The first-order chi connectivity index (χ1) is 7.75. The highest BCUT2D eigenvalue weighted by atomic mass is 32.1. The van der Waals surface area contributed by atoms with Crippen LogP contribution in [0, 0.1) is 6.92 Å². The van der Waals surface area contributed by atoms with Crippen molar-refractivity contribution in [1.29, 1.82) is 0 Å². The Hall–Kier alpha value is -1.69. The molecule has 0 unspecified atom stereocenters. The summed E-state index contributed by atoms with van der Waals surface area (Å²) in [5.41, 5.74) is 1.45. The topological polar surface area (TPSA) is 68.0 Å². The molecule has 0 aliphatic rings. The molecule has 2 rings (SSSR count). The van der Waals surface area contributed by atoms with Crippen LogP contribution >= 0.6 is 11.5 Å². The van der Waals surface area contributed by atoms with Crippen molar-refractivity contribution in [3.8, 4) is 0 Å². The van der Waals surface area contributed by atoms with Gasteiger partial charge in [-0.1, -0.05) is 5.16 Å². The van der Waals surface area contributed by atoms with E-state index in [0.29, 0.717) is 18.7 Å². The van der Waals surface area contributed by atoms with Crippen LogP contribution in [0.25, 0.3) is 0 Å². The van der Waals surface area contributed by atoms with Crippen LogP contribution in [-0.4, -0.2) is 22.0 Å². The zero-order valence-electron chi connectivity index (χ0n) is 8.77. The van der Waals surface area contributed by atoms with Gasteiger partial charge in [0.2, 0.25) is 0 Å². The summed E-state index contributed by atoms with van der Waals surface area (Å²) in [6.07, 6.45) is 3.91. The van der Waals surface area contributed by atoms with Crippen LogP contribution in [0.4, 0.5) is 0 Å². The maximum atomic E-state index is 11.6. The Kier molecular flexibility index (Phi) is 3.31. The van der Waals surface area contributed by atoms with E-state index >= 15 is 0 Å². The van der Waals surface area contributed by atoms with Gasteiger partial charge in [-0.2, -0.15) is 4.37 Å². The monoisotopic (exact) mass is 237 g/mol. The van der Waals surface area contributed by atoms with Crippen molar-refractivity contribution in [2.75, 3.05) is 6.54 Å². The van der Waals surface area contributed by atoms with Gasteiger partial charge in [0.1, 0.15) is 12.0 Å². The van der Waals surface area contributed by atoms with E-state index in [1.54, 1.807) is 18.5 Å². The summed E-state index contributed by atoms with van der Waals surface area (Å²) in [5.74, 6) is -0.138. The molecule has 0 fully saturated rings. The van der Waals surface area contributed by atoms with Gasteiger partial charge >= 0.3 is 0 Å². The largest absolute Gasteiger partial charge is 0.364 e. The van der Waals surface area contributed by atoms with Gasteiger partial charge in [0.05, 0.1) is 6.20 Å². The molecule has 0 aromatic carbocycles. The van der Waals surface area contributed by atoms with Gasteiger partial charge < -0.3 is 9.84 Å². The van der Waals surface area contributed by atoms with Crippen LogP contribution in [0.1, 0.15) is 20.9 Å². The van der Waals surface area contributed by atoms with E-state index < -0.39 is 0 Å². The number of aryl methyl sites for hydroxylation is 1. The van der Waals surface area contributed by atoms with Crippen molar-refractivity contribution in [1.82, 2.24) is 14.8 Å². The van der Waals surface area contributed by atoms with Crippen LogP contribution in [-0.2, 0) is 6.42 Å². The van der Waals surface area contributed by atoms with Crippen molar-refractivity contribution in [3.05, 3.63) is 34.7 Å². The smallest absolute Gasteiger partial charge is 0.271 e. The highest BCUT2D eigenvalue weighted by molar-refractivity contribution is 7.05. The van der Waals surface area contributed by atoms with Crippen LogP contribution < -0.4 is 5.32 Å². The second-order valence-corrected chi connectivity index (χ2v) is 4.37. The summed E-state index contributed by atoms with van der Waals surface area (Å²) in [7, 11) is 0. The quantitative estimate of drug-likeness (QED) is 0.873. The number of hydrogen-bond donors (Lipinski definition) is 1. The number of nitrogens with one attached hydrogen (secondary N) is 1. The lowest BCUT2D eigenvalue weighted by Gasteiger charge is -2.00. The SMILES string of the molecule is Cc1cc(C(=O)NCCc2cnoc2)ns1. The number of amides is 1. The van der Waals surface area contributed by atoms with E-state index in [1.807, 2.05) is 6.92 Å². The predicted octanol–water partition coefficient (Wildman–Crippen LogP) is 1.41. The van der Waals surface area contributed by atoms with Crippen LogP contribution in [0.15, 0.2) is 23.0 Å². The third-order valence-corrected chi connectivity index (χ3v) is 2.74. The van der Waals surface area contributed by atoms with Crippen molar-refractivity contribution in [2.45, 2.75) is 13.3 Å². The molecule has 0 bridgehead atoms. The fraction of sp³-hybridized carbons (Fsp3) is 0.300. The third kappa shape index (κ3) is 2.66. The zero-order valence-corrected chi connectivity index (χ0v) is 9.58. The second-order valence-electron chi connectivity index (χ2n) is 3.36. The minimum Gasteiger partial charge on any atom is -0.364 e. The summed E-state index contributed by atoms with van der Waals surface area (Å²) in [4.78, 5) is 12.6. The molecule has 0 spiro atoms. The second kappa shape index (κ2) is 4.89. The molecule has 2 aromatic heterocycles. The molecule has 2 heterocycles. The normalized spacial score (nSPS) is 10.3. The average Bonchev–Trinajstić information content (AvgIpc) is 2.89. The summed E-state index contributed by atoms with van der Waals surface area (Å²) >= 11 is 1.33. The lowest BCUT2D eigenvalue weighted by Crippen LogP contribution is -2.25. The first-order valence-corrected chi connectivity index (χ1v) is 5.63. The number of aromatic nitrogens is 2. The van der Waals surface area contributed by atoms with Gasteiger partial charge in [0.15, 0.2) is 0 Å². The Balaban J connectivity index is 1.80. The Morgan fingerprint density at radius 3 is 3.12 bits per heavy atom. The fourth-order valence-corrected chi connectivity index (χ4v) is 1.78. The molecule has 0 saturated carbocycles. The summed E-state index contributed by atoms with van der Waals surface area (Å²) in [6.45, 7) is 2.47. The van der Waals surface area contributed by atoms with E-state index in [0.717, 1.165) is 10.4 Å². The summed E-state index contributed by atoms with van der Waals surface area (Å²) in [5, 5.41) is 6.37. The average molecular weight is 237 g/mol. The lowest BCUT2D eigenvalue weighted by molar-refractivity contribution is 0.0950. The Morgan fingerprint density at radius 1 is 1.62 bits per heavy atom. The Bertz CT molecular complexity index is 464. The maximum Gasteiger partial charge on any atom is 0.271 e. The third-order valence-electron chi connectivity index (χ3n) is 2.04. The zero-order chi connectivity index (χ0) is 11.4. The van der Waals surface area contributed by atoms with E-state index in [4.69, 9.17) is 0 Å². The molecule has 0 aliphatic carbocycles. The van der Waals surface area contributed by atoms with Crippen LogP contribution in [0.5, 0.6) is 0 Å². The number of carbonyl (C=O) groups excluding carboxylic acids is 1. The molecule has 0 aliphatic heterocycles. The van der Waals surface area contributed by atoms with Crippen molar-refractivity contribution < 1.29 is 9.32 Å². The number of carbonyl (C=O) groups is 1. The molecule has 0 atom stereocenters. The van der Waals surface area contributed by atoms with Crippen LogP contribution in [0.2, 0.25) is 0 Å². The maximum absolute atomic E-state index is 11.6. The molecular formula is C10H11N3O2S. The van der Waals surface area contributed by atoms with Crippen molar-refractivity contribution >= 4 is 17.4 Å². The molecule has 0 radical (unpaired) electrons. The molecule has 0 saturated heterocycles. The molecular weight excluding hydrogens is 226 g/mol. The number of hydrogen-bond acceptors (Lipinski definition) is 5. The molecule has 6 heteroatoms. The van der Waals surface area contributed by atoms with Gasteiger partial charge in [-0.25, -0.2) is 0 Å². The van der Waals surface area contributed by atoms with Crippen LogP contribution in [0.3, 0.4) is 0 Å². The van der Waals surface area contributed by atoms with E-state index in [9.17, 15) is 4.79 Å². The van der Waals surface area contributed by atoms with Crippen molar-refractivity contribution in [3.63, 3.8) is 0 Å². The van der Waals surface area contributed by atoms with Crippen molar-refractivity contribution in [2.24, 2.45) is 0 Å². The van der Waals surface area contributed by atoms with Gasteiger partial charge in [-0.15, -0.1) is 0 Å². The molecule has 1 amide bonds. The summed E-state index contributed by atoms with van der Waals surface area (Å²) < 4.78 is 8.72. The summed E-state index contributed by atoms with van der Waals surface area (Å²) in [6, 6.07) is 1.78. The molecule has 84 valence electrons. The molecule has 16 heavy (non-hydrogen) atoms. The molecule has 1 N–H and O–H groups in total. The highest BCUT2D eigenvalue weighted by Crippen LogP contribution is 2.07. The highest BCUT2D eigenvalue weighted by Gasteiger charge is 2.08. The Morgan fingerprint density at radius 2 is 2.50 bits per heavy atom. The molecule has 5 nitrogen and oxygen atoms in total. The lowest BCUT2D eigenvalue weighted by atomic mass is 10.2.